The highest BCUT2D eigenvalue weighted by Crippen LogP contribution is 2.38. The zero-order valence-corrected chi connectivity index (χ0v) is 14.2. The monoisotopic (exact) mass is 304 g/mol. The quantitative estimate of drug-likeness (QED) is 0.817. The molecule has 116 valence electrons. The first-order valence-corrected chi connectivity index (χ1v) is 9.70. The van der Waals surface area contributed by atoms with E-state index in [-0.39, 0.29) is 0 Å². The first kappa shape index (κ1) is 15.2. The number of fused-ring (bicyclic) bond motifs is 2. The van der Waals surface area contributed by atoms with Crippen LogP contribution in [-0.2, 0) is 0 Å². The molecule has 2 aliphatic heterocycles. The standard InChI is InChI=1S/C18H28N2S/c1-3-10-19-14-11-15-6-4-7-16(12-14)20(15)17-8-5-9-18(13-17)21-2/h5,8-9,13-16,19H,3-4,6-7,10-12H2,1-2H3. The van der Waals surface area contributed by atoms with E-state index in [0.29, 0.717) is 0 Å². The average molecular weight is 305 g/mol. The predicted octanol–water partition coefficient (Wildman–Crippen LogP) is 4.30. The first-order chi connectivity index (χ1) is 10.3. The fourth-order valence-corrected chi connectivity index (χ4v) is 4.54. The Labute approximate surface area is 133 Å². The summed E-state index contributed by atoms with van der Waals surface area (Å²) in [5.74, 6) is 0. The highest BCUT2D eigenvalue weighted by atomic mass is 32.2. The molecule has 0 spiro atoms. The summed E-state index contributed by atoms with van der Waals surface area (Å²) in [6.45, 7) is 3.43. The molecule has 2 unspecified atom stereocenters. The van der Waals surface area contributed by atoms with Gasteiger partial charge in [0.1, 0.15) is 0 Å². The van der Waals surface area contributed by atoms with E-state index in [1.807, 2.05) is 11.8 Å². The molecule has 0 radical (unpaired) electrons. The Morgan fingerprint density at radius 3 is 2.67 bits per heavy atom. The van der Waals surface area contributed by atoms with Gasteiger partial charge in [-0.05, 0) is 69.5 Å². The Hall–Kier alpha value is -0.670. The summed E-state index contributed by atoms with van der Waals surface area (Å²) < 4.78 is 0. The molecule has 2 nitrogen and oxygen atoms in total. The third kappa shape index (κ3) is 3.40. The maximum absolute atomic E-state index is 3.76. The fraction of sp³-hybridized carbons (Fsp3) is 0.667. The minimum atomic E-state index is 0.736. The average Bonchev–Trinajstić information content (AvgIpc) is 2.52. The van der Waals surface area contributed by atoms with Crippen molar-refractivity contribution in [2.45, 2.75) is 68.5 Å². The Morgan fingerprint density at radius 2 is 2.00 bits per heavy atom. The number of anilines is 1. The van der Waals surface area contributed by atoms with Gasteiger partial charge >= 0.3 is 0 Å². The van der Waals surface area contributed by atoms with E-state index in [9.17, 15) is 0 Å². The molecule has 1 aromatic carbocycles. The minimum Gasteiger partial charge on any atom is -0.365 e. The van der Waals surface area contributed by atoms with Crippen LogP contribution in [0, 0.1) is 0 Å². The molecule has 0 amide bonds. The van der Waals surface area contributed by atoms with E-state index in [0.717, 1.165) is 18.1 Å². The molecule has 2 aliphatic rings. The number of nitrogens with zero attached hydrogens (tertiary/aromatic N) is 1. The lowest BCUT2D eigenvalue weighted by Crippen LogP contribution is -2.56. The molecule has 2 bridgehead atoms. The van der Waals surface area contributed by atoms with Gasteiger partial charge in [0, 0.05) is 28.7 Å². The SMILES string of the molecule is CCCNC1CC2CCCC(C1)N2c1cccc(SC)c1. The van der Waals surface area contributed by atoms with Gasteiger partial charge in [0.15, 0.2) is 0 Å². The summed E-state index contributed by atoms with van der Waals surface area (Å²) >= 11 is 1.85. The second-order valence-electron chi connectivity index (χ2n) is 6.47. The number of benzene rings is 1. The minimum absolute atomic E-state index is 0.736. The van der Waals surface area contributed by atoms with Crippen LogP contribution in [0.3, 0.4) is 0 Å². The normalized spacial score (nSPS) is 28.7. The third-order valence-corrected chi connectivity index (χ3v) is 5.73. The molecule has 2 fully saturated rings. The van der Waals surface area contributed by atoms with Crippen LogP contribution in [0.4, 0.5) is 5.69 Å². The van der Waals surface area contributed by atoms with Crippen LogP contribution in [0.2, 0.25) is 0 Å². The van der Waals surface area contributed by atoms with Gasteiger partial charge in [0.05, 0.1) is 0 Å². The van der Waals surface area contributed by atoms with E-state index in [4.69, 9.17) is 0 Å². The van der Waals surface area contributed by atoms with Gasteiger partial charge in [-0.15, -0.1) is 11.8 Å². The van der Waals surface area contributed by atoms with E-state index in [1.165, 1.54) is 55.7 Å². The number of thioether (sulfide) groups is 1. The van der Waals surface area contributed by atoms with Crippen LogP contribution in [0.1, 0.15) is 45.4 Å². The Balaban J connectivity index is 1.76. The molecule has 0 aliphatic carbocycles. The summed E-state index contributed by atoms with van der Waals surface area (Å²) in [7, 11) is 0. The zero-order valence-electron chi connectivity index (χ0n) is 13.3. The zero-order chi connectivity index (χ0) is 14.7. The van der Waals surface area contributed by atoms with E-state index in [2.05, 4.69) is 47.7 Å². The largest absolute Gasteiger partial charge is 0.365 e. The Kier molecular flexibility index (Phi) is 5.12. The van der Waals surface area contributed by atoms with Crippen molar-refractivity contribution in [3.63, 3.8) is 0 Å². The molecule has 2 saturated heterocycles. The Morgan fingerprint density at radius 1 is 1.24 bits per heavy atom. The van der Waals surface area contributed by atoms with Gasteiger partial charge in [-0.3, -0.25) is 0 Å². The Bertz CT molecular complexity index is 448. The van der Waals surface area contributed by atoms with Crippen molar-refractivity contribution in [1.29, 1.82) is 0 Å². The van der Waals surface area contributed by atoms with E-state index >= 15 is 0 Å². The molecular formula is C18H28N2S. The van der Waals surface area contributed by atoms with Crippen molar-refractivity contribution in [3.8, 4) is 0 Å². The van der Waals surface area contributed by atoms with Crippen LogP contribution in [-0.4, -0.2) is 30.9 Å². The molecule has 0 aromatic heterocycles. The maximum atomic E-state index is 3.76. The van der Waals surface area contributed by atoms with Crippen LogP contribution < -0.4 is 10.2 Å². The van der Waals surface area contributed by atoms with Gasteiger partial charge in [0.25, 0.3) is 0 Å². The summed E-state index contributed by atoms with van der Waals surface area (Å²) in [5, 5.41) is 3.76. The maximum Gasteiger partial charge on any atom is 0.0382 e. The van der Waals surface area contributed by atoms with Crippen molar-refractivity contribution in [1.82, 2.24) is 5.32 Å². The van der Waals surface area contributed by atoms with Gasteiger partial charge in [-0.25, -0.2) is 0 Å². The second-order valence-corrected chi connectivity index (χ2v) is 7.35. The van der Waals surface area contributed by atoms with Gasteiger partial charge in [-0.1, -0.05) is 13.0 Å². The molecular weight excluding hydrogens is 276 g/mol. The lowest BCUT2D eigenvalue weighted by atomic mass is 9.81. The van der Waals surface area contributed by atoms with Crippen molar-refractivity contribution < 1.29 is 0 Å². The van der Waals surface area contributed by atoms with Crippen molar-refractivity contribution in [3.05, 3.63) is 24.3 Å². The van der Waals surface area contributed by atoms with Crippen LogP contribution >= 0.6 is 11.8 Å². The van der Waals surface area contributed by atoms with E-state index in [1.54, 1.807) is 0 Å². The van der Waals surface area contributed by atoms with Gasteiger partial charge in [0.2, 0.25) is 0 Å². The predicted molar refractivity (Wildman–Crippen MR) is 93.4 cm³/mol. The summed E-state index contributed by atoms with van der Waals surface area (Å²) in [6.07, 6.45) is 10.2. The first-order valence-electron chi connectivity index (χ1n) is 8.47. The van der Waals surface area contributed by atoms with Gasteiger partial charge < -0.3 is 10.2 Å². The topological polar surface area (TPSA) is 15.3 Å². The van der Waals surface area contributed by atoms with Crippen LogP contribution in [0.5, 0.6) is 0 Å². The highest BCUT2D eigenvalue weighted by Gasteiger charge is 2.38. The van der Waals surface area contributed by atoms with E-state index < -0.39 is 0 Å². The number of rotatable bonds is 5. The lowest BCUT2D eigenvalue weighted by molar-refractivity contribution is 0.246. The molecule has 21 heavy (non-hydrogen) atoms. The van der Waals surface area contributed by atoms with Crippen LogP contribution in [0.15, 0.2) is 29.2 Å². The molecule has 2 heterocycles. The van der Waals surface area contributed by atoms with Crippen molar-refractivity contribution in [2.75, 3.05) is 17.7 Å². The molecule has 1 N–H and O–H groups in total. The smallest absolute Gasteiger partial charge is 0.0382 e. The van der Waals surface area contributed by atoms with Gasteiger partial charge in [-0.2, -0.15) is 0 Å². The molecule has 0 saturated carbocycles. The molecule has 2 atom stereocenters. The number of hydrogen-bond acceptors (Lipinski definition) is 3. The molecule has 3 heteroatoms. The lowest BCUT2D eigenvalue weighted by Gasteiger charge is -2.50. The molecule has 3 rings (SSSR count). The van der Waals surface area contributed by atoms with Crippen molar-refractivity contribution >= 4 is 17.4 Å². The van der Waals surface area contributed by atoms with Crippen LogP contribution in [0.25, 0.3) is 0 Å². The summed E-state index contributed by atoms with van der Waals surface area (Å²) in [5.41, 5.74) is 1.45. The second kappa shape index (κ2) is 7.06. The highest BCUT2D eigenvalue weighted by molar-refractivity contribution is 7.98. The number of hydrogen-bond donors (Lipinski definition) is 1. The third-order valence-electron chi connectivity index (χ3n) is 5.01. The summed E-state index contributed by atoms with van der Waals surface area (Å²) in [6, 6.07) is 11.4. The van der Waals surface area contributed by atoms with Crippen molar-refractivity contribution in [2.24, 2.45) is 0 Å². The number of nitrogens with one attached hydrogen (secondary N) is 1. The molecule has 1 aromatic rings. The fourth-order valence-electron chi connectivity index (χ4n) is 4.09. The number of piperidine rings is 2. The summed E-state index contributed by atoms with van der Waals surface area (Å²) in [4.78, 5) is 4.13.